The smallest absolute Gasteiger partial charge is 0.217 e. The number of anilines is 1. The van der Waals surface area contributed by atoms with Crippen LogP contribution in [0.2, 0.25) is 0 Å². The fraction of sp³-hybridized carbons (Fsp3) is 0.400. The number of aromatic nitrogens is 6. The van der Waals surface area contributed by atoms with E-state index in [4.69, 9.17) is 5.10 Å². The van der Waals surface area contributed by atoms with E-state index >= 15 is 0 Å². The van der Waals surface area contributed by atoms with Crippen molar-refractivity contribution in [2.45, 2.75) is 38.1 Å². The summed E-state index contributed by atoms with van der Waals surface area (Å²) in [5, 5.41) is 13.4. The first-order valence-electron chi connectivity index (χ1n) is 11.8. The number of fused-ring (bicyclic) bond motifs is 1. The van der Waals surface area contributed by atoms with E-state index in [0.717, 1.165) is 58.2 Å². The lowest BCUT2D eigenvalue weighted by Crippen LogP contribution is -2.35. The van der Waals surface area contributed by atoms with Crippen molar-refractivity contribution in [2.24, 2.45) is 14.1 Å². The minimum Gasteiger partial charge on any atom is -0.354 e. The fourth-order valence-electron chi connectivity index (χ4n) is 5.14. The van der Waals surface area contributed by atoms with Gasteiger partial charge in [0.15, 0.2) is 5.65 Å². The maximum absolute atomic E-state index is 11.6. The number of hydrogen-bond donors (Lipinski definition) is 1. The molecule has 34 heavy (non-hydrogen) atoms. The van der Waals surface area contributed by atoms with Gasteiger partial charge >= 0.3 is 0 Å². The molecule has 0 radical (unpaired) electrons. The van der Waals surface area contributed by atoms with Crippen molar-refractivity contribution in [3.05, 3.63) is 42.4 Å². The fourth-order valence-corrected chi connectivity index (χ4v) is 5.14. The molecule has 1 aliphatic carbocycles. The number of aryl methyl sites for hydroxylation is 2. The molecule has 0 bridgehead atoms. The highest BCUT2D eigenvalue weighted by molar-refractivity contribution is 6.02. The minimum atomic E-state index is -0.00513. The molecule has 1 amide bonds. The molecule has 1 atom stereocenters. The Morgan fingerprint density at radius 3 is 2.59 bits per heavy atom. The van der Waals surface area contributed by atoms with Crippen LogP contribution in [-0.2, 0) is 18.9 Å². The second-order valence-corrected chi connectivity index (χ2v) is 9.43. The SMILES string of the molecule is CC(=O)N[C@@H]1CCN(c2ncnc3c2c(-c2cnn(C)c2-c2ccc(C4CC4)cc2)nn3C)C1. The number of carbonyl (C=O) groups excluding carboxylic acids is 1. The molecule has 9 nitrogen and oxygen atoms in total. The van der Waals surface area contributed by atoms with E-state index in [1.54, 1.807) is 13.3 Å². The molecular formula is C25H28N8O. The molecule has 9 heteroatoms. The normalized spacial score (nSPS) is 18.1. The average molecular weight is 457 g/mol. The van der Waals surface area contributed by atoms with Crippen LogP contribution in [-0.4, -0.2) is 54.6 Å². The van der Waals surface area contributed by atoms with Gasteiger partial charge < -0.3 is 10.2 Å². The van der Waals surface area contributed by atoms with Crippen molar-refractivity contribution >= 4 is 22.8 Å². The highest BCUT2D eigenvalue weighted by atomic mass is 16.1. The molecule has 2 aliphatic rings. The first kappa shape index (κ1) is 20.8. The second kappa shape index (κ2) is 7.93. The highest BCUT2D eigenvalue weighted by Crippen LogP contribution is 2.42. The van der Waals surface area contributed by atoms with Gasteiger partial charge in [-0.3, -0.25) is 9.48 Å². The molecule has 174 valence electrons. The first-order valence-corrected chi connectivity index (χ1v) is 11.8. The molecule has 1 saturated heterocycles. The lowest BCUT2D eigenvalue weighted by atomic mass is 10.0. The lowest BCUT2D eigenvalue weighted by Gasteiger charge is -2.18. The van der Waals surface area contributed by atoms with Gasteiger partial charge in [-0.2, -0.15) is 10.2 Å². The molecule has 6 rings (SSSR count). The number of nitrogens with one attached hydrogen (secondary N) is 1. The Morgan fingerprint density at radius 2 is 1.85 bits per heavy atom. The minimum absolute atomic E-state index is 0.00513. The van der Waals surface area contributed by atoms with E-state index in [0.29, 0.717) is 6.54 Å². The molecule has 0 unspecified atom stereocenters. The lowest BCUT2D eigenvalue weighted by molar-refractivity contribution is -0.119. The number of rotatable bonds is 5. The average Bonchev–Trinajstić information content (AvgIpc) is 3.32. The quantitative estimate of drug-likeness (QED) is 0.496. The van der Waals surface area contributed by atoms with Crippen molar-refractivity contribution in [1.29, 1.82) is 0 Å². The topological polar surface area (TPSA) is 93.8 Å². The summed E-state index contributed by atoms with van der Waals surface area (Å²) in [6.07, 6.45) is 6.94. The largest absolute Gasteiger partial charge is 0.354 e. The van der Waals surface area contributed by atoms with E-state index in [1.807, 2.05) is 29.7 Å². The zero-order valence-electron chi connectivity index (χ0n) is 19.7. The van der Waals surface area contributed by atoms with Gasteiger partial charge in [-0.25, -0.2) is 14.6 Å². The zero-order valence-corrected chi connectivity index (χ0v) is 19.7. The summed E-state index contributed by atoms with van der Waals surface area (Å²) in [7, 11) is 3.88. The maximum atomic E-state index is 11.6. The van der Waals surface area contributed by atoms with Crippen LogP contribution in [0.15, 0.2) is 36.8 Å². The van der Waals surface area contributed by atoms with Gasteiger partial charge in [0.1, 0.15) is 17.8 Å². The van der Waals surface area contributed by atoms with Crippen molar-refractivity contribution < 1.29 is 4.79 Å². The Kier molecular flexibility index (Phi) is 4.86. The summed E-state index contributed by atoms with van der Waals surface area (Å²) in [5.41, 5.74) is 6.11. The molecule has 1 aliphatic heterocycles. The third-order valence-corrected chi connectivity index (χ3v) is 6.92. The van der Waals surface area contributed by atoms with Gasteiger partial charge in [0.25, 0.3) is 0 Å². The highest BCUT2D eigenvalue weighted by Gasteiger charge is 2.29. The van der Waals surface area contributed by atoms with Gasteiger partial charge in [-0.15, -0.1) is 0 Å². The third-order valence-electron chi connectivity index (χ3n) is 6.92. The van der Waals surface area contributed by atoms with Crippen molar-refractivity contribution in [3.63, 3.8) is 0 Å². The number of amides is 1. The van der Waals surface area contributed by atoms with Crippen LogP contribution < -0.4 is 10.2 Å². The third kappa shape index (κ3) is 3.52. The van der Waals surface area contributed by atoms with Gasteiger partial charge in [-0.05, 0) is 30.7 Å². The summed E-state index contributed by atoms with van der Waals surface area (Å²) in [6, 6.07) is 8.97. The number of hydrogen-bond acceptors (Lipinski definition) is 6. The number of benzene rings is 1. The first-order chi connectivity index (χ1) is 16.5. The Bertz CT molecular complexity index is 1380. The Morgan fingerprint density at radius 1 is 1.06 bits per heavy atom. The van der Waals surface area contributed by atoms with Crippen molar-refractivity contribution in [2.75, 3.05) is 18.0 Å². The second-order valence-electron chi connectivity index (χ2n) is 9.43. The molecule has 1 aromatic carbocycles. The Balaban J connectivity index is 1.45. The number of nitrogens with zero attached hydrogens (tertiary/aromatic N) is 7. The molecule has 4 heterocycles. The van der Waals surface area contributed by atoms with Crippen LogP contribution in [0.25, 0.3) is 33.5 Å². The molecule has 3 aromatic heterocycles. The van der Waals surface area contributed by atoms with Crippen molar-refractivity contribution in [1.82, 2.24) is 34.8 Å². The van der Waals surface area contributed by atoms with Crippen LogP contribution in [0.3, 0.4) is 0 Å². The van der Waals surface area contributed by atoms with Gasteiger partial charge in [-0.1, -0.05) is 24.3 Å². The van der Waals surface area contributed by atoms with E-state index in [1.165, 1.54) is 18.4 Å². The van der Waals surface area contributed by atoms with Crippen LogP contribution in [0.5, 0.6) is 0 Å². The Hall–Kier alpha value is -3.75. The maximum Gasteiger partial charge on any atom is 0.217 e. The van der Waals surface area contributed by atoms with Crippen LogP contribution in [0, 0.1) is 0 Å². The monoisotopic (exact) mass is 456 g/mol. The van der Waals surface area contributed by atoms with E-state index < -0.39 is 0 Å². The number of carbonyl (C=O) groups is 1. The summed E-state index contributed by atoms with van der Waals surface area (Å²) < 4.78 is 3.72. The molecular weight excluding hydrogens is 428 g/mol. The summed E-state index contributed by atoms with van der Waals surface area (Å²) in [6.45, 7) is 3.09. The van der Waals surface area contributed by atoms with Gasteiger partial charge in [0, 0.05) is 51.3 Å². The van der Waals surface area contributed by atoms with Gasteiger partial charge in [0.2, 0.25) is 5.91 Å². The van der Waals surface area contributed by atoms with Crippen LogP contribution in [0.4, 0.5) is 5.82 Å². The predicted octanol–water partition coefficient (Wildman–Crippen LogP) is 3.02. The summed E-state index contributed by atoms with van der Waals surface area (Å²) >= 11 is 0. The standard InChI is InChI=1S/C25H28N8O/c1-15(34)29-19-10-11-33(13-19)25-21-22(30-32(3)24(21)26-14-27-25)20-12-28-31(2)23(20)18-8-6-17(7-9-18)16-4-5-16/h6-9,12,14,16,19H,4-5,10-11,13H2,1-3H3,(H,29,34)/t19-/m1/s1. The van der Waals surface area contributed by atoms with E-state index in [-0.39, 0.29) is 11.9 Å². The summed E-state index contributed by atoms with van der Waals surface area (Å²) in [4.78, 5) is 23.0. The summed E-state index contributed by atoms with van der Waals surface area (Å²) in [5.74, 6) is 1.57. The predicted molar refractivity (Wildman–Crippen MR) is 130 cm³/mol. The van der Waals surface area contributed by atoms with Crippen LogP contribution >= 0.6 is 0 Å². The van der Waals surface area contributed by atoms with Crippen LogP contribution in [0.1, 0.15) is 37.7 Å². The Labute approximate surface area is 197 Å². The molecule has 4 aromatic rings. The molecule has 1 saturated carbocycles. The van der Waals surface area contributed by atoms with E-state index in [9.17, 15) is 4.79 Å². The molecule has 0 spiro atoms. The van der Waals surface area contributed by atoms with Gasteiger partial charge in [0.05, 0.1) is 17.3 Å². The molecule has 1 N–H and O–H groups in total. The zero-order chi connectivity index (χ0) is 23.4. The van der Waals surface area contributed by atoms with E-state index in [2.05, 4.69) is 49.5 Å². The molecule has 2 fully saturated rings. The van der Waals surface area contributed by atoms with Crippen molar-refractivity contribution in [3.8, 4) is 22.5 Å².